The molecule has 14 nitrogen and oxygen atoms in total. The molecule has 4 rings (SSSR count). The Morgan fingerprint density at radius 1 is 1.04 bits per heavy atom. The van der Waals surface area contributed by atoms with E-state index < -0.39 is 35.5 Å². The zero-order valence-corrected chi connectivity index (χ0v) is 26.1. The normalized spacial score (nSPS) is 16.2. The van der Waals surface area contributed by atoms with Crippen LogP contribution in [0.1, 0.15) is 62.9 Å². The Morgan fingerprint density at radius 2 is 1.71 bits per heavy atom. The van der Waals surface area contributed by atoms with Crippen molar-refractivity contribution in [2.24, 2.45) is 0 Å². The lowest BCUT2D eigenvalue weighted by Crippen LogP contribution is -2.56. The number of aromatic nitrogens is 2. The smallest absolute Gasteiger partial charge is 0.409 e. The molecule has 0 unspecified atom stereocenters. The number of carbonyl (C=O) groups is 5. The van der Waals surface area contributed by atoms with Crippen LogP contribution in [0.2, 0.25) is 0 Å². The van der Waals surface area contributed by atoms with Gasteiger partial charge in [0, 0.05) is 52.3 Å². The first kappa shape index (κ1) is 33.3. The van der Waals surface area contributed by atoms with E-state index in [1.54, 1.807) is 31.0 Å². The number of piperazine rings is 1. The summed E-state index contributed by atoms with van der Waals surface area (Å²) in [5.74, 6) is -2.19. The van der Waals surface area contributed by atoms with Crippen molar-refractivity contribution in [3.63, 3.8) is 0 Å². The van der Waals surface area contributed by atoms with E-state index >= 15 is 0 Å². The fraction of sp³-hybridized carbons (Fsp3) is 0.548. The number of carboxylic acid groups (broad SMARTS) is 1. The molecule has 244 valence electrons. The highest BCUT2D eigenvalue weighted by molar-refractivity contribution is 5.96. The first-order chi connectivity index (χ1) is 21.6. The number of carboxylic acids is 1. The summed E-state index contributed by atoms with van der Waals surface area (Å²) < 4.78 is 12.9. The molecule has 2 aliphatic rings. The Hall–Kier alpha value is -4.62. The maximum atomic E-state index is 13.6. The molecular formula is C31H42N6O8. The number of nitrogens with one attached hydrogen (secondary N) is 1. The van der Waals surface area contributed by atoms with E-state index in [0.717, 1.165) is 12.8 Å². The summed E-state index contributed by atoms with van der Waals surface area (Å²) in [6, 6.07) is 9.32. The number of rotatable bonds is 13. The molecule has 1 saturated heterocycles. The highest BCUT2D eigenvalue weighted by Gasteiger charge is 2.49. The average Bonchev–Trinajstić information content (AvgIpc) is 3.45. The fourth-order valence-electron chi connectivity index (χ4n) is 5.45. The molecule has 45 heavy (non-hydrogen) atoms. The molecule has 2 N–H and O–H groups in total. The van der Waals surface area contributed by atoms with Gasteiger partial charge < -0.3 is 34.6 Å². The largest absolute Gasteiger partial charge is 0.481 e. The second-order valence-corrected chi connectivity index (χ2v) is 11.3. The molecule has 2 aromatic rings. The van der Waals surface area contributed by atoms with Crippen LogP contribution in [0.4, 0.5) is 4.79 Å². The third-order valence-corrected chi connectivity index (χ3v) is 8.03. The minimum atomic E-state index is -1.14. The predicted molar refractivity (Wildman–Crippen MR) is 162 cm³/mol. The van der Waals surface area contributed by atoms with Crippen LogP contribution in [0, 0.1) is 0 Å². The summed E-state index contributed by atoms with van der Waals surface area (Å²) in [6.07, 6.45) is 1.72. The molecule has 1 atom stereocenters. The molecule has 0 spiro atoms. The van der Waals surface area contributed by atoms with Gasteiger partial charge in [0.1, 0.15) is 6.04 Å². The van der Waals surface area contributed by atoms with E-state index in [1.807, 2.05) is 25.1 Å². The third kappa shape index (κ3) is 7.91. The van der Waals surface area contributed by atoms with Crippen LogP contribution in [0.15, 0.2) is 36.4 Å². The maximum absolute atomic E-state index is 13.6. The van der Waals surface area contributed by atoms with Gasteiger partial charge in [0.2, 0.25) is 11.8 Å². The number of hydrogen-bond acceptors (Lipinski definition) is 8. The second kappa shape index (κ2) is 14.9. The first-order valence-corrected chi connectivity index (χ1v) is 15.4. The van der Waals surface area contributed by atoms with Crippen LogP contribution in [0.3, 0.4) is 0 Å². The van der Waals surface area contributed by atoms with Crippen LogP contribution in [0.25, 0.3) is 5.69 Å². The number of para-hydroxylation sites is 1. The Kier molecular flexibility index (Phi) is 11.0. The molecule has 1 saturated carbocycles. The van der Waals surface area contributed by atoms with Gasteiger partial charge in [-0.15, -0.1) is 0 Å². The van der Waals surface area contributed by atoms with E-state index in [1.165, 1.54) is 20.5 Å². The molecule has 0 bridgehead atoms. The van der Waals surface area contributed by atoms with Gasteiger partial charge in [-0.1, -0.05) is 25.1 Å². The van der Waals surface area contributed by atoms with E-state index in [-0.39, 0.29) is 63.1 Å². The second-order valence-electron chi connectivity index (χ2n) is 11.3. The summed E-state index contributed by atoms with van der Waals surface area (Å²) in [5, 5.41) is 16.5. The molecule has 1 aromatic heterocycles. The summed E-state index contributed by atoms with van der Waals surface area (Å²) in [6.45, 7) is 5.44. The van der Waals surface area contributed by atoms with Gasteiger partial charge in [-0.3, -0.25) is 19.2 Å². The lowest BCUT2D eigenvalue weighted by molar-refractivity contribution is -0.155. The van der Waals surface area contributed by atoms with Gasteiger partial charge in [0.15, 0.2) is 11.3 Å². The van der Waals surface area contributed by atoms with Gasteiger partial charge in [-0.05, 0) is 51.2 Å². The molecule has 2 fully saturated rings. The van der Waals surface area contributed by atoms with E-state index in [0.29, 0.717) is 25.1 Å². The van der Waals surface area contributed by atoms with Crippen molar-refractivity contribution in [2.75, 3.05) is 46.4 Å². The standard InChI is InChI=1S/C31H42N6O8/c1-4-16-34(3)29(42)31(14-9-15-31)45-25-21-24(33-37(25)22-10-7-6-8-11-22)27(40)32-23(12-13-26(38)39)28(41)35-17-19-36(20-18-35)30(43)44-5-2/h6-8,10-11,21,23H,4-5,9,12-20H2,1-3H3,(H,32,40)(H,38,39)/t23-/m0/s1. The number of likely N-dealkylation sites (N-methyl/N-ethyl adjacent to an activating group) is 1. The quantitative estimate of drug-likeness (QED) is 0.340. The SMILES string of the molecule is CCCN(C)C(=O)C1(Oc2cc(C(=O)N[C@@H](CCC(=O)O)C(=O)N3CCN(C(=O)OCC)CC3)nn2-c2ccccc2)CCC1. The zero-order chi connectivity index (χ0) is 32.6. The van der Waals surface area contributed by atoms with Crippen molar-refractivity contribution in [2.45, 2.75) is 64.0 Å². The number of ether oxygens (including phenoxy) is 2. The summed E-state index contributed by atoms with van der Waals surface area (Å²) in [7, 11) is 1.74. The van der Waals surface area contributed by atoms with Crippen molar-refractivity contribution >= 4 is 29.8 Å². The highest BCUT2D eigenvalue weighted by atomic mass is 16.6. The molecule has 1 aromatic carbocycles. The number of carbonyl (C=O) groups excluding carboxylic acids is 4. The Balaban J connectivity index is 1.56. The molecule has 4 amide bonds. The summed E-state index contributed by atoms with van der Waals surface area (Å²) >= 11 is 0. The van der Waals surface area contributed by atoms with Gasteiger partial charge in [0.25, 0.3) is 11.8 Å². The minimum absolute atomic E-state index is 0.0575. The van der Waals surface area contributed by atoms with Gasteiger partial charge in [-0.2, -0.15) is 5.10 Å². The van der Waals surface area contributed by atoms with Crippen LogP contribution < -0.4 is 10.1 Å². The highest BCUT2D eigenvalue weighted by Crippen LogP contribution is 2.39. The lowest BCUT2D eigenvalue weighted by Gasteiger charge is -2.42. The third-order valence-electron chi connectivity index (χ3n) is 8.03. The van der Waals surface area contributed by atoms with Gasteiger partial charge >= 0.3 is 12.1 Å². The van der Waals surface area contributed by atoms with Crippen LogP contribution in [0.5, 0.6) is 5.88 Å². The van der Waals surface area contributed by atoms with E-state index in [2.05, 4.69) is 10.4 Å². The number of benzene rings is 1. The molecule has 14 heteroatoms. The van der Waals surface area contributed by atoms with Crippen LogP contribution >= 0.6 is 0 Å². The Labute approximate surface area is 262 Å². The van der Waals surface area contributed by atoms with Crippen molar-refractivity contribution in [3.8, 4) is 11.6 Å². The first-order valence-electron chi connectivity index (χ1n) is 15.4. The monoisotopic (exact) mass is 626 g/mol. The van der Waals surface area contributed by atoms with E-state index in [9.17, 15) is 29.1 Å². The Morgan fingerprint density at radius 3 is 2.29 bits per heavy atom. The van der Waals surface area contributed by atoms with Crippen molar-refractivity contribution in [1.29, 1.82) is 0 Å². The topological polar surface area (TPSA) is 164 Å². The molecule has 2 heterocycles. The lowest BCUT2D eigenvalue weighted by atomic mass is 9.78. The van der Waals surface area contributed by atoms with Crippen LogP contribution in [-0.4, -0.2) is 117 Å². The number of hydrogen-bond donors (Lipinski definition) is 2. The summed E-state index contributed by atoms with van der Waals surface area (Å²) in [4.78, 5) is 68.6. The van der Waals surface area contributed by atoms with Crippen LogP contribution in [-0.2, 0) is 19.1 Å². The predicted octanol–water partition coefficient (Wildman–Crippen LogP) is 2.31. The number of amides is 4. The summed E-state index contributed by atoms with van der Waals surface area (Å²) in [5.41, 5.74) is -0.526. The maximum Gasteiger partial charge on any atom is 0.409 e. The fourth-order valence-corrected chi connectivity index (χ4v) is 5.45. The van der Waals surface area contributed by atoms with Crippen molar-refractivity contribution < 1.29 is 38.6 Å². The number of aliphatic carboxylic acids is 1. The van der Waals surface area contributed by atoms with E-state index in [4.69, 9.17) is 9.47 Å². The molecule has 0 radical (unpaired) electrons. The Bertz CT molecular complexity index is 1370. The molecule has 1 aliphatic heterocycles. The van der Waals surface area contributed by atoms with Gasteiger partial charge in [0.05, 0.1) is 12.3 Å². The van der Waals surface area contributed by atoms with Crippen molar-refractivity contribution in [3.05, 3.63) is 42.1 Å². The van der Waals surface area contributed by atoms with Gasteiger partial charge in [-0.25, -0.2) is 9.48 Å². The number of nitrogens with zero attached hydrogens (tertiary/aromatic N) is 5. The average molecular weight is 627 g/mol. The zero-order valence-electron chi connectivity index (χ0n) is 26.1. The minimum Gasteiger partial charge on any atom is -0.481 e. The molecule has 1 aliphatic carbocycles. The van der Waals surface area contributed by atoms with Crippen molar-refractivity contribution in [1.82, 2.24) is 29.8 Å². The molecular weight excluding hydrogens is 584 g/mol.